The van der Waals surface area contributed by atoms with Gasteiger partial charge in [-0.05, 0) is 43.6 Å². The van der Waals surface area contributed by atoms with Crippen LogP contribution in [0.5, 0.6) is 0 Å². The SMILES string of the molecule is CCN(CC)CCNC(=O)CCCC(=O)NCCc1ccc(Cl)cc1. The van der Waals surface area contributed by atoms with Crippen molar-refractivity contribution in [1.82, 2.24) is 15.5 Å². The molecule has 0 fully saturated rings. The first-order valence-electron chi connectivity index (χ1n) is 9.05. The highest BCUT2D eigenvalue weighted by Gasteiger charge is 2.06. The molecule has 2 N–H and O–H groups in total. The van der Waals surface area contributed by atoms with E-state index < -0.39 is 0 Å². The average molecular weight is 368 g/mol. The molecule has 0 radical (unpaired) electrons. The third kappa shape index (κ3) is 10.1. The minimum atomic E-state index is -0.00935. The summed E-state index contributed by atoms with van der Waals surface area (Å²) < 4.78 is 0. The number of hydrogen-bond donors (Lipinski definition) is 2. The van der Waals surface area contributed by atoms with Crippen LogP contribution in [0.15, 0.2) is 24.3 Å². The molecule has 0 aromatic heterocycles. The summed E-state index contributed by atoms with van der Waals surface area (Å²) in [5.74, 6) is 0.00558. The zero-order valence-corrected chi connectivity index (χ0v) is 16.1. The largest absolute Gasteiger partial charge is 0.356 e. The average Bonchev–Trinajstić information content (AvgIpc) is 2.60. The summed E-state index contributed by atoms with van der Waals surface area (Å²) in [6, 6.07) is 7.60. The molecule has 5 nitrogen and oxygen atoms in total. The predicted molar refractivity (Wildman–Crippen MR) is 103 cm³/mol. The Hall–Kier alpha value is -1.59. The Morgan fingerprint density at radius 3 is 2.08 bits per heavy atom. The van der Waals surface area contributed by atoms with Crippen molar-refractivity contribution >= 4 is 23.4 Å². The maximum absolute atomic E-state index is 11.8. The Balaban J connectivity index is 2.05. The smallest absolute Gasteiger partial charge is 0.220 e. The van der Waals surface area contributed by atoms with Gasteiger partial charge in [0.15, 0.2) is 0 Å². The van der Waals surface area contributed by atoms with Crippen molar-refractivity contribution < 1.29 is 9.59 Å². The van der Waals surface area contributed by atoms with Crippen LogP contribution in [0.25, 0.3) is 0 Å². The number of benzene rings is 1. The van der Waals surface area contributed by atoms with Crippen LogP contribution in [-0.2, 0) is 16.0 Å². The minimum absolute atomic E-state index is 0.00935. The van der Waals surface area contributed by atoms with Crippen molar-refractivity contribution in [2.24, 2.45) is 0 Å². The Morgan fingerprint density at radius 2 is 1.52 bits per heavy atom. The fourth-order valence-corrected chi connectivity index (χ4v) is 2.60. The van der Waals surface area contributed by atoms with Gasteiger partial charge in [-0.1, -0.05) is 37.6 Å². The first kappa shape index (κ1) is 21.5. The monoisotopic (exact) mass is 367 g/mol. The van der Waals surface area contributed by atoms with Gasteiger partial charge in [-0.2, -0.15) is 0 Å². The van der Waals surface area contributed by atoms with E-state index in [4.69, 9.17) is 11.6 Å². The zero-order chi connectivity index (χ0) is 18.5. The number of rotatable bonds is 12. The van der Waals surface area contributed by atoms with E-state index in [9.17, 15) is 9.59 Å². The molecule has 140 valence electrons. The quantitative estimate of drug-likeness (QED) is 0.597. The highest BCUT2D eigenvalue weighted by Crippen LogP contribution is 2.09. The molecule has 1 aromatic carbocycles. The normalized spacial score (nSPS) is 10.7. The molecule has 2 amide bonds. The third-order valence-corrected chi connectivity index (χ3v) is 4.35. The van der Waals surface area contributed by atoms with Gasteiger partial charge in [0.05, 0.1) is 0 Å². The lowest BCUT2D eigenvalue weighted by Gasteiger charge is -2.17. The fourth-order valence-electron chi connectivity index (χ4n) is 2.48. The zero-order valence-electron chi connectivity index (χ0n) is 15.3. The van der Waals surface area contributed by atoms with E-state index in [2.05, 4.69) is 29.4 Å². The van der Waals surface area contributed by atoms with Gasteiger partial charge in [0.1, 0.15) is 0 Å². The summed E-state index contributed by atoms with van der Waals surface area (Å²) in [6.45, 7) is 8.31. The molecule has 0 bridgehead atoms. The highest BCUT2D eigenvalue weighted by atomic mass is 35.5. The first-order valence-corrected chi connectivity index (χ1v) is 9.43. The molecule has 1 aromatic rings. The van der Waals surface area contributed by atoms with Gasteiger partial charge in [-0.25, -0.2) is 0 Å². The summed E-state index contributed by atoms with van der Waals surface area (Å²) in [7, 11) is 0. The van der Waals surface area contributed by atoms with E-state index in [1.165, 1.54) is 0 Å². The molecule has 6 heteroatoms. The molecule has 0 aliphatic heterocycles. The molecule has 0 aliphatic rings. The topological polar surface area (TPSA) is 61.4 Å². The van der Waals surface area contributed by atoms with E-state index in [0.29, 0.717) is 37.4 Å². The van der Waals surface area contributed by atoms with Crippen LogP contribution in [0.4, 0.5) is 0 Å². The van der Waals surface area contributed by atoms with Gasteiger partial charge in [-0.3, -0.25) is 9.59 Å². The van der Waals surface area contributed by atoms with Gasteiger partial charge in [-0.15, -0.1) is 0 Å². The van der Waals surface area contributed by atoms with E-state index in [1.54, 1.807) is 0 Å². The number of likely N-dealkylation sites (N-methyl/N-ethyl adjacent to an activating group) is 1. The second-order valence-electron chi connectivity index (χ2n) is 5.96. The van der Waals surface area contributed by atoms with E-state index in [0.717, 1.165) is 31.6 Å². The summed E-state index contributed by atoms with van der Waals surface area (Å²) >= 11 is 5.84. The number of nitrogens with zero attached hydrogens (tertiary/aromatic N) is 1. The number of hydrogen-bond acceptors (Lipinski definition) is 3. The second-order valence-corrected chi connectivity index (χ2v) is 6.39. The molecule has 0 aliphatic carbocycles. The van der Waals surface area contributed by atoms with Crippen molar-refractivity contribution in [1.29, 1.82) is 0 Å². The minimum Gasteiger partial charge on any atom is -0.356 e. The van der Waals surface area contributed by atoms with Crippen LogP contribution in [-0.4, -0.2) is 49.4 Å². The van der Waals surface area contributed by atoms with Crippen molar-refractivity contribution in [3.63, 3.8) is 0 Å². The lowest BCUT2D eigenvalue weighted by atomic mass is 10.1. The Labute approximate surface area is 156 Å². The van der Waals surface area contributed by atoms with Crippen LogP contribution >= 0.6 is 11.6 Å². The van der Waals surface area contributed by atoms with Crippen molar-refractivity contribution in [2.75, 3.05) is 32.7 Å². The lowest BCUT2D eigenvalue weighted by Crippen LogP contribution is -2.34. The summed E-state index contributed by atoms with van der Waals surface area (Å²) in [6.07, 6.45) is 2.12. The van der Waals surface area contributed by atoms with Gasteiger partial charge < -0.3 is 15.5 Å². The third-order valence-electron chi connectivity index (χ3n) is 4.10. The van der Waals surface area contributed by atoms with E-state index >= 15 is 0 Å². The maximum Gasteiger partial charge on any atom is 0.220 e. The van der Waals surface area contributed by atoms with Crippen LogP contribution in [0.1, 0.15) is 38.7 Å². The number of halogens is 1. The summed E-state index contributed by atoms with van der Waals surface area (Å²) in [5.41, 5.74) is 1.14. The molecule has 25 heavy (non-hydrogen) atoms. The van der Waals surface area contributed by atoms with Gasteiger partial charge >= 0.3 is 0 Å². The van der Waals surface area contributed by atoms with E-state index in [1.807, 2.05) is 24.3 Å². The molecular formula is C19H30ClN3O2. The molecule has 0 unspecified atom stereocenters. The van der Waals surface area contributed by atoms with Crippen molar-refractivity contribution in [2.45, 2.75) is 39.5 Å². The standard InChI is InChI=1S/C19H30ClN3O2/c1-3-23(4-2)15-14-22-19(25)7-5-6-18(24)21-13-12-16-8-10-17(20)11-9-16/h8-11H,3-7,12-15H2,1-2H3,(H,21,24)(H,22,25). The Morgan fingerprint density at radius 1 is 0.960 bits per heavy atom. The second kappa shape index (κ2) is 12.7. The first-order chi connectivity index (χ1) is 12.0. The molecule has 0 atom stereocenters. The molecular weight excluding hydrogens is 338 g/mol. The van der Waals surface area contributed by atoms with Gasteiger partial charge in [0, 0.05) is 37.5 Å². The predicted octanol–water partition coefficient (Wildman–Crippen LogP) is 2.63. The van der Waals surface area contributed by atoms with Crippen LogP contribution < -0.4 is 10.6 Å². The van der Waals surface area contributed by atoms with Crippen LogP contribution in [0.3, 0.4) is 0 Å². The number of carbonyl (C=O) groups excluding carboxylic acids is 2. The summed E-state index contributed by atoms with van der Waals surface area (Å²) in [4.78, 5) is 25.8. The molecule has 1 rings (SSSR count). The van der Waals surface area contributed by atoms with Gasteiger partial charge in [0.2, 0.25) is 11.8 Å². The van der Waals surface area contributed by atoms with Crippen molar-refractivity contribution in [3.05, 3.63) is 34.9 Å². The summed E-state index contributed by atoms with van der Waals surface area (Å²) in [5, 5.41) is 6.50. The molecule has 0 spiro atoms. The highest BCUT2D eigenvalue weighted by molar-refractivity contribution is 6.30. The number of nitrogens with one attached hydrogen (secondary N) is 2. The van der Waals surface area contributed by atoms with E-state index in [-0.39, 0.29) is 11.8 Å². The number of amides is 2. The maximum atomic E-state index is 11.8. The Bertz CT molecular complexity index is 516. The Kier molecular flexibility index (Phi) is 10.9. The van der Waals surface area contributed by atoms with Crippen molar-refractivity contribution in [3.8, 4) is 0 Å². The van der Waals surface area contributed by atoms with Crippen LogP contribution in [0.2, 0.25) is 5.02 Å². The number of carbonyl (C=O) groups is 2. The molecule has 0 heterocycles. The van der Waals surface area contributed by atoms with Gasteiger partial charge in [0.25, 0.3) is 0 Å². The molecule has 0 saturated carbocycles. The fraction of sp³-hybridized carbons (Fsp3) is 0.579. The lowest BCUT2D eigenvalue weighted by molar-refractivity contribution is -0.122. The molecule has 0 saturated heterocycles. The van der Waals surface area contributed by atoms with Crippen LogP contribution in [0, 0.1) is 0 Å².